The highest BCUT2D eigenvalue weighted by Gasteiger charge is 2.43. The Hall–Kier alpha value is -2.57. The molecule has 3 aromatic rings. The fourth-order valence-corrected chi connectivity index (χ4v) is 3.66. The minimum atomic E-state index is -0.791. The van der Waals surface area contributed by atoms with Crippen LogP contribution < -0.4 is 10.5 Å². The van der Waals surface area contributed by atoms with Gasteiger partial charge in [0.15, 0.2) is 0 Å². The molecule has 2 aromatic carbocycles. The van der Waals surface area contributed by atoms with Crippen molar-refractivity contribution in [3.05, 3.63) is 81.8 Å². The number of benzene rings is 2. The van der Waals surface area contributed by atoms with Crippen LogP contribution in [0.25, 0.3) is 0 Å². The van der Waals surface area contributed by atoms with Crippen molar-refractivity contribution in [3.63, 3.8) is 0 Å². The number of hydrazine groups is 1. The molecule has 1 aliphatic rings. The number of anilines is 1. The minimum absolute atomic E-state index is 0.791. The lowest BCUT2D eigenvalue weighted by atomic mass is 10.0. The van der Waals surface area contributed by atoms with Crippen LogP contribution in [0, 0.1) is 13.8 Å². The van der Waals surface area contributed by atoms with Crippen LogP contribution in [-0.4, -0.2) is 4.98 Å². The van der Waals surface area contributed by atoms with Gasteiger partial charge in [-0.15, -0.1) is 16.5 Å². The molecule has 0 saturated heterocycles. The zero-order valence-corrected chi connectivity index (χ0v) is 14.3. The van der Waals surface area contributed by atoms with Crippen LogP contribution in [0.15, 0.2) is 71.0 Å². The van der Waals surface area contributed by atoms with Crippen molar-refractivity contribution in [1.29, 1.82) is 0 Å². The molecule has 1 aliphatic heterocycles. The normalized spacial score (nSPS) is 19.8. The molecule has 0 radical (unpaired) electrons. The predicted molar refractivity (Wildman–Crippen MR) is 95.7 cm³/mol. The highest BCUT2D eigenvalue weighted by molar-refractivity contribution is 7.11. The molecule has 4 rings (SSSR count). The maximum Gasteiger partial charge on any atom is 0.229 e. The molecular weight excluding hydrogens is 318 g/mol. The van der Waals surface area contributed by atoms with Gasteiger partial charge < -0.3 is 0 Å². The van der Waals surface area contributed by atoms with E-state index in [0.29, 0.717) is 0 Å². The smallest absolute Gasteiger partial charge is 0.229 e. The molecular formula is C18H17N5S. The first-order chi connectivity index (χ1) is 11.7. The van der Waals surface area contributed by atoms with E-state index in [-0.39, 0.29) is 0 Å². The Bertz CT molecular complexity index is 855. The number of aromatic nitrogens is 1. The molecule has 0 fully saturated rings. The first kappa shape index (κ1) is 15.0. The van der Waals surface area contributed by atoms with E-state index in [4.69, 9.17) is 4.98 Å². The van der Waals surface area contributed by atoms with Crippen molar-refractivity contribution >= 4 is 17.0 Å². The summed E-state index contributed by atoms with van der Waals surface area (Å²) in [6, 6.07) is 20.0. The first-order valence-corrected chi connectivity index (χ1v) is 8.56. The van der Waals surface area contributed by atoms with Gasteiger partial charge in [-0.05, 0) is 26.0 Å². The van der Waals surface area contributed by atoms with Crippen molar-refractivity contribution in [2.75, 3.05) is 5.12 Å². The Morgan fingerprint density at radius 2 is 1.62 bits per heavy atom. The SMILES string of the molecule is Cc1nc(C2(c3ccccc3)N=NN(c3ccccc3)N2)sc1C. The number of para-hydroxylation sites is 1. The maximum absolute atomic E-state index is 4.74. The van der Waals surface area contributed by atoms with E-state index < -0.39 is 5.66 Å². The maximum atomic E-state index is 4.74. The number of thiazole rings is 1. The van der Waals surface area contributed by atoms with Crippen molar-refractivity contribution in [2.24, 2.45) is 10.3 Å². The molecule has 5 nitrogen and oxygen atoms in total. The van der Waals surface area contributed by atoms with Gasteiger partial charge in [0.05, 0.1) is 11.4 Å². The second kappa shape index (κ2) is 5.81. The summed E-state index contributed by atoms with van der Waals surface area (Å²) in [5.41, 5.74) is 5.63. The van der Waals surface area contributed by atoms with Crippen LogP contribution in [-0.2, 0) is 5.66 Å². The van der Waals surface area contributed by atoms with Gasteiger partial charge in [-0.3, -0.25) is 0 Å². The molecule has 0 aliphatic carbocycles. The molecule has 24 heavy (non-hydrogen) atoms. The second-order valence-corrected chi connectivity index (χ2v) is 6.89. The molecule has 1 atom stereocenters. The predicted octanol–water partition coefficient (Wildman–Crippen LogP) is 4.35. The lowest BCUT2D eigenvalue weighted by Crippen LogP contribution is -2.45. The molecule has 0 spiro atoms. The summed E-state index contributed by atoms with van der Waals surface area (Å²) in [5.74, 6) is 0. The molecule has 6 heteroatoms. The Balaban J connectivity index is 1.81. The molecule has 0 saturated carbocycles. The zero-order valence-electron chi connectivity index (χ0n) is 13.5. The van der Waals surface area contributed by atoms with Gasteiger partial charge in [0, 0.05) is 10.4 Å². The molecule has 1 unspecified atom stereocenters. The molecule has 0 amide bonds. The third kappa shape index (κ3) is 2.40. The van der Waals surface area contributed by atoms with Crippen LogP contribution in [0.5, 0.6) is 0 Å². The van der Waals surface area contributed by atoms with E-state index in [9.17, 15) is 0 Å². The summed E-state index contributed by atoms with van der Waals surface area (Å²) in [5, 5.41) is 11.6. The monoisotopic (exact) mass is 335 g/mol. The van der Waals surface area contributed by atoms with Crippen molar-refractivity contribution in [2.45, 2.75) is 19.5 Å². The minimum Gasteiger partial charge on any atom is -0.242 e. The van der Waals surface area contributed by atoms with Crippen LogP contribution in [0.3, 0.4) is 0 Å². The van der Waals surface area contributed by atoms with Crippen molar-refractivity contribution < 1.29 is 0 Å². The van der Waals surface area contributed by atoms with E-state index >= 15 is 0 Å². The third-order valence-electron chi connectivity index (χ3n) is 4.08. The number of aryl methyl sites for hydroxylation is 2. The fraction of sp³-hybridized carbons (Fsp3) is 0.167. The van der Waals surface area contributed by atoms with Crippen LogP contribution in [0.2, 0.25) is 0 Å². The Labute approximate surface area is 144 Å². The van der Waals surface area contributed by atoms with E-state index in [0.717, 1.165) is 22.0 Å². The average molecular weight is 335 g/mol. The number of nitrogens with zero attached hydrogens (tertiary/aromatic N) is 4. The standard InChI is InChI=1S/C18H17N5S/c1-13-14(2)24-17(19-13)18(15-9-5-3-6-10-15)20-22-23(21-18)16-11-7-4-8-12-16/h3-12,21H,1-2H3. The molecule has 0 bridgehead atoms. The lowest BCUT2D eigenvalue weighted by molar-refractivity contribution is 0.458. The Morgan fingerprint density at radius 1 is 0.958 bits per heavy atom. The van der Waals surface area contributed by atoms with Gasteiger partial charge in [-0.2, -0.15) is 10.5 Å². The number of rotatable bonds is 3. The average Bonchev–Trinajstić information content (AvgIpc) is 3.22. The number of nitrogens with one attached hydrogen (secondary N) is 1. The lowest BCUT2D eigenvalue weighted by Gasteiger charge is -2.25. The van der Waals surface area contributed by atoms with Crippen LogP contribution in [0.4, 0.5) is 5.69 Å². The van der Waals surface area contributed by atoms with Gasteiger partial charge in [0.2, 0.25) is 5.66 Å². The quantitative estimate of drug-likeness (QED) is 0.774. The summed E-state index contributed by atoms with van der Waals surface area (Å²) >= 11 is 1.65. The Kier molecular flexibility index (Phi) is 3.63. The fourth-order valence-electron chi connectivity index (χ4n) is 2.64. The highest BCUT2D eigenvalue weighted by atomic mass is 32.1. The van der Waals surface area contributed by atoms with Gasteiger partial charge >= 0.3 is 0 Å². The molecule has 120 valence electrons. The molecule has 2 heterocycles. The highest BCUT2D eigenvalue weighted by Crippen LogP contribution is 2.39. The summed E-state index contributed by atoms with van der Waals surface area (Å²) in [6.07, 6.45) is 0. The van der Waals surface area contributed by atoms with Gasteiger partial charge in [0.1, 0.15) is 5.01 Å². The third-order valence-corrected chi connectivity index (χ3v) is 5.26. The summed E-state index contributed by atoms with van der Waals surface area (Å²) in [7, 11) is 0. The number of hydrogen-bond donors (Lipinski definition) is 1. The van der Waals surface area contributed by atoms with E-state index in [1.54, 1.807) is 16.5 Å². The van der Waals surface area contributed by atoms with E-state index in [1.165, 1.54) is 4.88 Å². The Morgan fingerprint density at radius 3 is 2.25 bits per heavy atom. The topological polar surface area (TPSA) is 52.9 Å². The van der Waals surface area contributed by atoms with Gasteiger partial charge in [0.25, 0.3) is 0 Å². The second-order valence-electron chi connectivity index (χ2n) is 5.69. The van der Waals surface area contributed by atoms with Gasteiger partial charge in [-0.25, -0.2) is 4.98 Å². The van der Waals surface area contributed by atoms with E-state index in [1.807, 2.05) is 67.6 Å². The number of hydrogen-bond acceptors (Lipinski definition) is 6. The first-order valence-electron chi connectivity index (χ1n) is 7.75. The van der Waals surface area contributed by atoms with Crippen LogP contribution in [0.1, 0.15) is 21.1 Å². The summed E-state index contributed by atoms with van der Waals surface area (Å²) in [4.78, 5) is 5.93. The zero-order chi connectivity index (χ0) is 16.6. The van der Waals surface area contributed by atoms with E-state index in [2.05, 4.69) is 22.7 Å². The van der Waals surface area contributed by atoms with Gasteiger partial charge in [-0.1, -0.05) is 53.8 Å². The molecule has 1 N–H and O–H groups in total. The van der Waals surface area contributed by atoms with Crippen molar-refractivity contribution in [3.8, 4) is 0 Å². The van der Waals surface area contributed by atoms with Crippen molar-refractivity contribution in [1.82, 2.24) is 10.4 Å². The summed E-state index contributed by atoms with van der Waals surface area (Å²) in [6.45, 7) is 4.10. The molecule has 1 aromatic heterocycles. The summed E-state index contributed by atoms with van der Waals surface area (Å²) < 4.78 is 0. The van der Waals surface area contributed by atoms with Crippen LogP contribution >= 0.6 is 11.3 Å². The largest absolute Gasteiger partial charge is 0.242 e.